The lowest BCUT2D eigenvalue weighted by Gasteiger charge is -2.12. The van der Waals surface area contributed by atoms with Crippen molar-refractivity contribution in [2.75, 3.05) is 0 Å². The summed E-state index contributed by atoms with van der Waals surface area (Å²) in [4.78, 5) is 13.7. The molecule has 25 heavy (non-hydrogen) atoms. The van der Waals surface area contributed by atoms with Crippen LogP contribution in [0.3, 0.4) is 0 Å². The van der Waals surface area contributed by atoms with Gasteiger partial charge in [0.15, 0.2) is 0 Å². The van der Waals surface area contributed by atoms with Gasteiger partial charge in [-0.1, -0.05) is 36.2 Å². The van der Waals surface area contributed by atoms with E-state index in [1.807, 2.05) is 31.4 Å². The minimum absolute atomic E-state index is 0.0786. The molecule has 1 amide bonds. The van der Waals surface area contributed by atoms with Crippen LogP contribution in [0.15, 0.2) is 41.8 Å². The smallest absolute Gasteiger partial charge is 0.270 e. The number of amides is 1. The summed E-state index contributed by atoms with van der Waals surface area (Å²) in [5.41, 5.74) is 1.89. The summed E-state index contributed by atoms with van der Waals surface area (Å²) in [7, 11) is 0. The lowest BCUT2D eigenvalue weighted by atomic mass is 10.2. The van der Waals surface area contributed by atoms with Crippen molar-refractivity contribution in [2.24, 2.45) is 0 Å². The SMILES string of the molecule is CC[C@@H](C)NC(=O)c1cc(-c2cccs2)nn1-c1ccc(Cl)c(Cl)c1. The lowest BCUT2D eigenvalue weighted by molar-refractivity contribution is 0.0931. The molecule has 0 aliphatic rings. The molecule has 1 N–H and O–H groups in total. The average Bonchev–Trinajstić information content (AvgIpc) is 3.26. The highest BCUT2D eigenvalue weighted by atomic mass is 35.5. The third-order valence-electron chi connectivity index (χ3n) is 3.85. The Kier molecular flexibility index (Phi) is 5.47. The third kappa shape index (κ3) is 3.89. The van der Waals surface area contributed by atoms with Crippen LogP contribution in [-0.2, 0) is 0 Å². The molecule has 0 bridgehead atoms. The summed E-state index contributed by atoms with van der Waals surface area (Å²) >= 11 is 13.7. The number of hydrogen-bond donors (Lipinski definition) is 1. The Hall–Kier alpha value is -1.82. The molecule has 3 aromatic rings. The molecule has 2 heterocycles. The molecular formula is C18H17Cl2N3OS. The lowest BCUT2D eigenvalue weighted by Crippen LogP contribution is -2.33. The minimum Gasteiger partial charge on any atom is -0.348 e. The summed E-state index contributed by atoms with van der Waals surface area (Å²) in [6, 6.07) is 11.0. The van der Waals surface area contributed by atoms with Crippen molar-refractivity contribution >= 4 is 40.4 Å². The molecule has 7 heteroatoms. The van der Waals surface area contributed by atoms with E-state index in [1.165, 1.54) is 0 Å². The van der Waals surface area contributed by atoms with Crippen molar-refractivity contribution in [3.05, 3.63) is 57.5 Å². The van der Waals surface area contributed by atoms with Crippen molar-refractivity contribution in [1.29, 1.82) is 0 Å². The zero-order valence-electron chi connectivity index (χ0n) is 13.8. The van der Waals surface area contributed by atoms with Gasteiger partial charge in [0, 0.05) is 6.04 Å². The highest BCUT2D eigenvalue weighted by molar-refractivity contribution is 7.13. The fourth-order valence-electron chi connectivity index (χ4n) is 2.30. The highest BCUT2D eigenvalue weighted by Gasteiger charge is 2.19. The van der Waals surface area contributed by atoms with E-state index in [2.05, 4.69) is 10.4 Å². The first kappa shape index (κ1) is 18.0. The number of hydrogen-bond acceptors (Lipinski definition) is 3. The van der Waals surface area contributed by atoms with Crippen LogP contribution in [0.25, 0.3) is 16.3 Å². The number of nitrogens with zero attached hydrogens (tertiary/aromatic N) is 2. The monoisotopic (exact) mass is 393 g/mol. The zero-order chi connectivity index (χ0) is 18.0. The Morgan fingerprint density at radius 2 is 2.08 bits per heavy atom. The summed E-state index contributed by atoms with van der Waals surface area (Å²) in [6.07, 6.45) is 0.852. The van der Waals surface area contributed by atoms with Crippen LogP contribution >= 0.6 is 34.5 Å². The molecule has 130 valence electrons. The molecule has 0 saturated heterocycles. The van der Waals surface area contributed by atoms with Gasteiger partial charge in [-0.2, -0.15) is 5.10 Å². The second-order valence-electron chi connectivity index (χ2n) is 5.69. The molecule has 4 nitrogen and oxygen atoms in total. The van der Waals surface area contributed by atoms with Crippen LogP contribution < -0.4 is 5.32 Å². The van der Waals surface area contributed by atoms with Crippen LogP contribution in [-0.4, -0.2) is 21.7 Å². The molecular weight excluding hydrogens is 377 g/mol. The summed E-state index contributed by atoms with van der Waals surface area (Å²) in [5, 5.41) is 10.5. The second kappa shape index (κ2) is 7.60. The first-order valence-corrected chi connectivity index (χ1v) is 9.53. The number of thiophene rings is 1. The van der Waals surface area contributed by atoms with E-state index in [0.29, 0.717) is 21.4 Å². The number of benzene rings is 1. The number of halogens is 2. The molecule has 1 atom stereocenters. The summed E-state index contributed by atoms with van der Waals surface area (Å²) in [5.74, 6) is -0.171. The Morgan fingerprint density at radius 3 is 2.72 bits per heavy atom. The molecule has 1 aromatic carbocycles. The molecule has 3 rings (SSSR count). The number of aromatic nitrogens is 2. The van der Waals surface area contributed by atoms with Gasteiger partial charge in [-0.25, -0.2) is 4.68 Å². The highest BCUT2D eigenvalue weighted by Crippen LogP contribution is 2.28. The van der Waals surface area contributed by atoms with E-state index in [4.69, 9.17) is 23.2 Å². The maximum atomic E-state index is 12.7. The Bertz CT molecular complexity index is 890. The van der Waals surface area contributed by atoms with Crippen LogP contribution in [0.2, 0.25) is 10.0 Å². The van der Waals surface area contributed by atoms with Crippen molar-refractivity contribution < 1.29 is 4.79 Å². The van der Waals surface area contributed by atoms with Gasteiger partial charge < -0.3 is 5.32 Å². The quantitative estimate of drug-likeness (QED) is 0.627. The topological polar surface area (TPSA) is 46.9 Å². The maximum Gasteiger partial charge on any atom is 0.270 e. The first-order valence-electron chi connectivity index (χ1n) is 7.89. The van der Waals surface area contributed by atoms with Crippen LogP contribution in [0.5, 0.6) is 0 Å². The number of rotatable bonds is 5. The number of carbonyl (C=O) groups is 1. The molecule has 0 spiro atoms. The molecule has 2 aromatic heterocycles. The van der Waals surface area contributed by atoms with E-state index >= 15 is 0 Å². The van der Waals surface area contributed by atoms with Gasteiger partial charge in [0.25, 0.3) is 5.91 Å². The largest absolute Gasteiger partial charge is 0.348 e. The molecule has 0 aliphatic carbocycles. The fourth-order valence-corrected chi connectivity index (χ4v) is 3.27. The van der Waals surface area contributed by atoms with Gasteiger partial charge in [0.2, 0.25) is 0 Å². The Labute approximate surface area is 160 Å². The van der Waals surface area contributed by atoms with Gasteiger partial charge in [-0.05, 0) is 49.1 Å². The molecule has 0 radical (unpaired) electrons. The minimum atomic E-state index is -0.171. The van der Waals surface area contributed by atoms with Crippen molar-refractivity contribution in [2.45, 2.75) is 26.3 Å². The number of carbonyl (C=O) groups excluding carboxylic acids is 1. The van der Waals surface area contributed by atoms with Crippen molar-refractivity contribution in [3.8, 4) is 16.3 Å². The van der Waals surface area contributed by atoms with Gasteiger partial charge in [-0.15, -0.1) is 11.3 Å². The molecule has 0 unspecified atom stereocenters. The van der Waals surface area contributed by atoms with E-state index in [0.717, 1.165) is 17.0 Å². The van der Waals surface area contributed by atoms with E-state index in [1.54, 1.807) is 40.3 Å². The van der Waals surface area contributed by atoms with Crippen molar-refractivity contribution in [3.63, 3.8) is 0 Å². The molecule has 0 aliphatic heterocycles. The van der Waals surface area contributed by atoms with Gasteiger partial charge in [0.1, 0.15) is 11.4 Å². The maximum absolute atomic E-state index is 12.7. The predicted molar refractivity (Wildman–Crippen MR) is 104 cm³/mol. The van der Waals surface area contributed by atoms with E-state index in [-0.39, 0.29) is 11.9 Å². The third-order valence-corrected chi connectivity index (χ3v) is 5.48. The van der Waals surface area contributed by atoms with Crippen molar-refractivity contribution in [1.82, 2.24) is 15.1 Å². The second-order valence-corrected chi connectivity index (χ2v) is 7.45. The van der Waals surface area contributed by atoms with Crippen LogP contribution in [0.1, 0.15) is 30.8 Å². The molecule has 0 fully saturated rings. The standard InChI is InChI=1S/C18H17Cl2N3OS/c1-3-11(2)21-18(24)16-10-15(17-5-4-8-25-17)22-23(16)12-6-7-13(19)14(20)9-12/h4-11H,3H2,1-2H3,(H,21,24)/t11-/m1/s1. The fraction of sp³-hybridized carbons (Fsp3) is 0.222. The van der Waals surface area contributed by atoms with Crippen LogP contribution in [0, 0.1) is 0 Å². The Morgan fingerprint density at radius 1 is 1.28 bits per heavy atom. The normalized spacial score (nSPS) is 12.2. The summed E-state index contributed by atoms with van der Waals surface area (Å²) in [6.45, 7) is 4.00. The summed E-state index contributed by atoms with van der Waals surface area (Å²) < 4.78 is 1.61. The predicted octanol–water partition coefficient (Wildman–Crippen LogP) is 5.44. The van der Waals surface area contributed by atoms with Gasteiger partial charge >= 0.3 is 0 Å². The zero-order valence-corrected chi connectivity index (χ0v) is 16.1. The van der Waals surface area contributed by atoms with E-state index < -0.39 is 0 Å². The van der Waals surface area contributed by atoms with Gasteiger partial charge in [0.05, 0.1) is 20.6 Å². The van der Waals surface area contributed by atoms with E-state index in [9.17, 15) is 4.79 Å². The average molecular weight is 394 g/mol. The first-order chi connectivity index (χ1) is 12.0. The Balaban J connectivity index is 2.08. The molecule has 0 saturated carbocycles. The van der Waals surface area contributed by atoms with Crippen LogP contribution in [0.4, 0.5) is 0 Å². The van der Waals surface area contributed by atoms with Gasteiger partial charge in [-0.3, -0.25) is 4.79 Å². The number of nitrogens with one attached hydrogen (secondary N) is 1.